The van der Waals surface area contributed by atoms with E-state index in [2.05, 4.69) is 42.8 Å². The summed E-state index contributed by atoms with van der Waals surface area (Å²) in [7, 11) is 2.23. The molecular weight excluding hydrogens is 234 g/mol. The van der Waals surface area contributed by atoms with Gasteiger partial charge in [0, 0.05) is 31.4 Å². The Morgan fingerprint density at radius 1 is 1.32 bits per heavy atom. The number of likely N-dealkylation sites (N-methyl/N-ethyl adjacent to an activating group) is 1. The van der Waals surface area contributed by atoms with Crippen LogP contribution in [0.15, 0.2) is 18.2 Å². The van der Waals surface area contributed by atoms with E-state index in [1.807, 2.05) is 6.07 Å². The summed E-state index contributed by atoms with van der Waals surface area (Å²) in [6.07, 6.45) is 2.45. The highest BCUT2D eigenvalue weighted by molar-refractivity contribution is 5.48. The second-order valence-corrected chi connectivity index (χ2v) is 5.85. The van der Waals surface area contributed by atoms with Gasteiger partial charge in [-0.3, -0.25) is 4.90 Å². The quantitative estimate of drug-likeness (QED) is 0.849. The van der Waals surface area contributed by atoms with Crippen LogP contribution in [0.4, 0.5) is 5.69 Å². The fraction of sp³-hybridized carbons (Fsp3) is 0.625. The SMILES string of the molecule is CCC1CN(C)CCCN1Cc1cc(C)ccc1N. The number of hydrogen-bond acceptors (Lipinski definition) is 3. The zero-order valence-electron chi connectivity index (χ0n) is 12.5. The molecule has 0 aromatic heterocycles. The molecule has 3 heteroatoms. The summed E-state index contributed by atoms with van der Waals surface area (Å²) in [6.45, 7) is 8.96. The van der Waals surface area contributed by atoms with Crippen LogP contribution in [0.5, 0.6) is 0 Å². The topological polar surface area (TPSA) is 32.5 Å². The molecule has 0 bridgehead atoms. The predicted octanol–water partition coefficient (Wildman–Crippen LogP) is 2.49. The van der Waals surface area contributed by atoms with Gasteiger partial charge in [-0.1, -0.05) is 24.6 Å². The lowest BCUT2D eigenvalue weighted by molar-refractivity contribution is 0.176. The van der Waals surface area contributed by atoms with Crippen molar-refractivity contribution in [3.05, 3.63) is 29.3 Å². The Balaban J connectivity index is 2.13. The zero-order valence-corrected chi connectivity index (χ0v) is 12.5. The van der Waals surface area contributed by atoms with E-state index in [9.17, 15) is 0 Å². The van der Waals surface area contributed by atoms with Crippen LogP contribution < -0.4 is 5.73 Å². The van der Waals surface area contributed by atoms with E-state index in [0.717, 1.165) is 12.2 Å². The van der Waals surface area contributed by atoms with Gasteiger partial charge in [0.25, 0.3) is 0 Å². The average molecular weight is 261 g/mol. The smallest absolute Gasteiger partial charge is 0.0359 e. The van der Waals surface area contributed by atoms with Gasteiger partial charge < -0.3 is 10.6 Å². The van der Waals surface area contributed by atoms with Crippen molar-refractivity contribution < 1.29 is 0 Å². The number of benzene rings is 1. The van der Waals surface area contributed by atoms with Crippen molar-refractivity contribution in [2.45, 2.75) is 39.3 Å². The van der Waals surface area contributed by atoms with Gasteiger partial charge in [-0.2, -0.15) is 0 Å². The molecule has 1 aliphatic heterocycles. The van der Waals surface area contributed by atoms with E-state index in [0.29, 0.717) is 6.04 Å². The molecule has 1 heterocycles. The van der Waals surface area contributed by atoms with E-state index in [1.165, 1.54) is 43.6 Å². The molecule has 1 saturated heterocycles. The lowest BCUT2D eigenvalue weighted by Crippen LogP contribution is -2.39. The zero-order chi connectivity index (χ0) is 13.8. The maximum Gasteiger partial charge on any atom is 0.0359 e. The number of anilines is 1. The highest BCUT2D eigenvalue weighted by Crippen LogP contribution is 2.20. The summed E-state index contributed by atoms with van der Waals surface area (Å²) >= 11 is 0. The van der Waals surface area contributed by atoms with Gasteiger partial charge in [0.15, 0.2) is 0 Å². The van der Waals surface area contributed by atoms with Gasteiger partial charge in [-0.25, -0.2) is 0 Å². The van der Waals surface area contributed by atoms with Gasteiger partial charge in [0.1, 0.15) is 0 Å². The molecule has 19 heavy (non-hydrogen) atoms. The Morgan fingerprint density at radius 3 is 2.84 bits per heavy atom. The maximum atomic E-state index is 6.12. The standard InChI is InChI=1S/C16H27N3/c1-4-15-12-18(3)8-5-9-19(15)11-14-10-13(2)6-7-16(14)17/h6-7,10,15H,4-5,8-9,11-12,17H2,1-3H3. The molecule has 1 atom stereocenters. The lowest BCUT2D eigenvalue weighted by atomic mass is 10.1. The van der Waals surface area contributed by atoms with Crippen LogP contribution in [0.25, 0.3) is 0 Å². The first-order valence-electron chi connectivity index (χ1n) is 7.37. The van der Waals surface area contributed by atoms with Crippen LogP contribution in [0.1, 0.15) is 30.9 Å². The van der Waals surface area contributed by atoms with E-state index in [-0.39, 0.29) is 0 Å². The number of aryl methyl sites for hydroxylation is 1. The van der Waals surface area contributed by atoms with Crippen molar-refractivity contribution in [2.24, 2.45) is 0 Å². The molecule has 1 aromatic rings. The summed E-state index contributed by atoms with van der Waals surface area (Å²) in [4.78, 5) is 5.06. The number of rotatable bonds is 3. The number of hydrogen-bond donors (Lipinski definition) is 1. The predicted molar refractivity (Wildman–Crippen MR) is 82.2 cm³/mol. The van der Waals surface area contributed by atoms with Crippen LogP contribution in [-0.2, 0) is 6.54 Å². The third-order valence-corrected chi connectivity index (χ3v) is 4.17. The largest absolute Gasteiger partial charge is 0.398 e. The van der Waals surface area contributed by atoms with Crippen LogP contribution in [0, 0.1) is 6.92 Å². The summed E-state index contributed by atoms with van der Waals surface area (Å²) in [5.41, 5.74) is 9.63. The average Bonchev–Trinajstić information content (AvgIpc) is 2.55. The van der Waals surface area contributed by atoms with Gasteiger partial charge in [0.05, 0.1) is 0 Å². The van der Waals surface area contributed by atoms with Crippen molar-refractivity contribution in [2.75, 3.05) is 32.4 Å². The van der Waals surface area contributed by atoms with Crippen molar-refractivity contribution in [1.29, 1.82) is 0 Å². The lowest BCUT2D eigenvalue weighted by Gasteiger charge is -2.30. The summed E-state index contributed by atoms with van der Waals surface area (Å²) in [5, 5.41) is 0. The van der Waals surface area contributed by atoms with E-state index in [4.69, 9.17) is 5.73 Å². The fourth-order valence-corrected chi connectivity index (χ4v) is 2.98. The van der Waals surface area contributed by atoms with Crippen molar-refractivity contribution >= 4 is 5.69 Å². The first-order chi connectivity index (χ1) is 9.10. The molecule has 1 aliphatic rings. The third-order valence-electron chi connectivity index (χ3n) is 4.17. The molecule has 1 fully saturated rings. The minimum Gasteiger partial charge on any atom is -0.398 e. The second-order valence-electron chi connectivity index (χ2n) is 5.85. The Bertz CT molecular complexity index is 416. The first-order valence-corrected chi connectivity index (χ1v) is 7.37. The van der Waals surface area contributed by atoms with Gasteiger partial charge in [-0.05, 0) is 45.0 Å². The summed E-state index contributed by atoms with van der Waals surface area (Å²) in [5.74, 6) is 0. The number of nitrogens with two attached hydrogens (primary N) is 1. The molecule has 0 amide bonds. The third kappa shape index (κ3) is 3.71. The minimum atomic E-state index is 0.646. The molecule has 0 spiro atoms. The molecule has 1 unspecified atom stereocenters. The Hall–Kier alpha value is -1.06. The van der Waals surface area contributed by atoms with Gasteiger partial charge in [0.2, 0.25) is 0 Å². The van der Waals surface area contributed by atoms with Crippen molar-refractivity contribution in [3.8, 4) is 0 Å². The normalized spacial score (nSPS) is 22.4. The van der Waals surface area contributed by atoms with Crippen molar-refractivity contribution in [3.63, 3.8) is 0 Å². The minimum absolute atomic E-state index is 0.646. The Kier molecular flexibility index (Phi) is 4.83. The highest BCUT2D eigenvalue weighted by Gasteiger charge is 2.22. The Labute approximate surface area is 117 Å². The molecule has 2 N–H and O–H groups in total. The van der Waals surface area contributed by atoms with Crippen LogP contribution in [0.2, 0.25) is 0 Å². The Morgan fingerprint density at radius 2 is 2.11 bits per heavy atom. The first kappa shape index (κ1) is 14.4. The maximum absolute atomic E-state index is 6.12. The van der Waals surface area contributed by atoms with Crippen LogP contribution in [-0.4, -0.2) is 42.5 Å². The molecule has 0 radical (unpaired) electrons. The molecule has 2 rings (SSSR count). The van der Waals surface area contributed by atoms with Gasteiger partial charge >= 0.3 is 0 Å². The van der Waals surface area contributed by atoms with Crippen LogP contribution in [0.3, 0.4) is 0 Å². The van der Waals surface area contributed by atoms with E-state index in [1.54, 1.807) is 0 Å². The molecule has 0 aliphatic carbocycles. The summed E-state index contributed by atoms with van der Waals surface area (Å²) < 4.78 is 0. The number of nitrogens with zero attached hydrogens (tertiary/aromatic N) is 2. The van der Waals surface area contributed by atoms with E-state index >= 15 is 0 Å². The monoisotopic (exact) mass is 261 g/mol. The molecule has 1 aromatic carbocycles. The number of nitrogen functional groups attached to an aromatic ring is 1. The molecular formula is C16H27N3. The summed E-state index contributed by atoms with van der Waals surface area (Å²) in [6, 6.07) is 7.01. The highest BCUT2D eigenvalue weighted by atomic mass is 15.2. The van der Waals surface area contributed by atoms with Gasteiger partial charge in [-0.15, -0.1) is 0 Å². The van der Waals surface area contributed by atoms with E-state index < -0.39 is 0 Å². The molecule has 0 saturated carbocycles. The van der Waals surface area contributed by atoms with Crippen molar-refractivity contribution in [1.82, 2.24) is 9.80 Å². The second kappa shape index (κ2) is 6.40. The fourth-order valence-electron chi connectivity index (χ4n) is 2.98. The molecule has 106 valence electrons. The molecule has 3 nitrogen and oxygen atoms in total. The van der Waals surface area contributed by atoms with Crippen LogP contribution >= 0.6 is 0 Å².